The van der Waals surface area contributed by atoms with E-state index in [-0.39, 0.29) is 25.9 Å². The van der Waals surface area contributed by atoms with Crippen LogP contribution >= 0.6 is 0 Å². The second-order valence-electron chi connectivity index (χ2n) is 6.74. The first-order valence-corrected chi connectivity index (χ1v) is 11.9. The summed E-state index contributed by atoms with van der Waals surface area (Å²) >= 11 is -3.92. The Balaban J connectivity index is 1.95. The molecule has 4 fully saturated rings. The van der Waals surface area contributed by atoms with Gasteiger partial charge in [0.1, 0.15) is 0 Å². The van der Waals surface area contributed by atoms with E-state index >= 15 is 0 Å². The van der Waals surface area contributed by atoms with Crippen LogP contribution in [0.5, 0.6) is 0 Å². The van der Waals surface area contributed by atoms with Crippen LogP contribution in [0.15, 0.2) is 0 Å². The second kappa shape index (κ2) is 9.06. The molecule has 27 heavy (non-hydrogen) atoms. The van der Waals surface area contributed by atoms with Crippen molar-refractivity contribution in [2.24, 2.45) is 0 Å². The van der Waals surface area contributed by atoms with Crippen LogP contribution in [0.25, 0.3) is 0 Å². The number of rotatable bonds is 3. The molecular weight excluding hydrogens is 420 g/mol. The van der Waals surface area contributed by atoms with Gasteiger partial charge in [0, 0.05) is 0 Å². The first-order valence-electron chi connectivity index (χ1n) is 8.91. The van der Waals surface area contributed by atoms with Crippen LogP contribution in [0.3, 0.4) is 0 Å². The first kappa shape index (κ1) is 20.1. The van der Waals surface area contributed by atoms with Crippen molar-refractivity contribution in [2.45, 2.75) is 18.9 Å². The van der Waals surface area contributed by atoms with Gasteiger partial charge in [0.2, 0.25) is 0 Å². The van der Waals surface area contributed by atoms with E-state index in [0.29, 0.717) is 39.3 Å². The van der Waals surface area contributed by atoms with E-state index in [9.17, 15) is 19.2 Å². The Hall–Kier alpha value is -1.60. The number of carboxylic acids is 1. The van der Waals surface area contributed by atoms with Crippen LogP contribution in [0.2, 0.25) is 0 Å². The molecule has 2 unspecified atom stereocenters. The number of carbonyl (C=O) groups excluding carboxylic acids is 3. The molecule has 148 valence electrons. The van der Waals surface area contributed by atoms with Crippen molar-refractivity contribution in [2.75, 3.05) is 52.4 Å². The average molecular weight is 442 g/mol. The van der Waals surface area contributed by atoms with E-state index in [1.165, 1.54) is 0 Å². The van der Waals surface area contributed by atoms with Gasteiger partial charge < -0.3 is 0 Å². The Labute approximate surface area is 162 Å². The van der Waals surface area contributed by atoms with Gasteiger partial charge in [0.05, 0.1) is 0 Å². The Kier molecular flexibility index (Phi) is 6.76. The van der Waals surface area contributed by atoms with Crippen molar-refractivity contribution < 1.29 is 34.9 Å². The second-order valence-corrected chi connectivity index (χ2v) is 9.44. The molecule has 4 bridgehead atoms. The average Bonchev–Trinajstić information content (AvgIpc) is 2.62. The SMILES string of the molecule is O=C(O)CC[C@@H]1C(=O)[O][Ga]2[O]C(=O)CN3CCN(CCN1CC3)CC(=O)[O]2. The van der Waals surface area contributed by atoms with Gasteiger partial charge >= 0.3 is 162 Å². The third-order valence-electron chi connectivity index (χ3n) is 4.86. The minimum absolute atomic E-state index is 0.0261. The Morgan fingerprint density at radius 3 is 1.96 bits per heavy atom. The van der Waals surface area contributed by atoms with Crippen LogP contribution in [0, 0.1) is 0 Å². The van der Waals surface area contributed by atoms with Gasteiger partial charge in [-0.2, -0.15) is 0 Å². The topological polar surface area (TPSA) is 126 Å². The zero-order valence-electron chi connectivity index (χ0n) is 14.9. The van der Waals surface area contributed by atoms with E-state index in [0.717, 1.165) is 0 Å². The van der Waals surface area contributed by atoms with E-state index in [2.05, 4.69) is 0 Å². The summed E-state index contributed by atoms with van der Waals surface area (Å²) in [7, 11) is 0. The van der Waals surface area contributed by atoms with Crippen LogP contribution in [-0.2, 0) is 29.8 Å². The Bertz CT molecular complexity index is 586. The predicted molar refractivity (Wildman–Crippen MR) is 89.1 cm³/mol. The summed E-state index contributed by atoms with van der Waals surface area (Å²) in [5, 5.41) is 9.02. The van der Waals surface area contributed by atoms with Gasteiger partial charge in [-0.3, -0.25) is 0 Å². The van der Waals surface area contributed by atoms with Gasteiger partial charge in [0.15, 0.2) is 0 Å². The fourth-order valence-electron chi connectivity index (χ4n) is 3.40. The summed E-state index contributed by atoms with van der Waals surface area (Å²) < 4.78 is 15.7. The molecule has 4 heterocycles. The van der Waals surface area contributed by atoms with E-state index < -0.39 is 47.2 Å². The third-order valence-corrected chi connectivity index (χ3v) is 7.66. The summed E-state index contributed by atoms with van der Waals surface area (Å²) in [6.07, 6.45) is -0.119. The van der Waals surface area contributed by atoms with Crippen LogP contribution in [0.4, 0.5) is 0 Å². The number of aliphatic carboxylic acids is 1. The van der Waals surface area contributed by atoms with Crippen LogP contribution in [0.1, 0.15) is 12.8 Å². The molecule has 4 rings (SSSR count). The summed E-state index contributed by atoms with van der Waals surface area (Å²) in [5.41, 5.74) is 0. The fourth-order valence-corrected chi connectivity index (χ4v) is 5.64. The van der Waals surface area contributed by atoms with Crippen molar-refractivity contribution in [3.05, 3.63) is 0 Å². The van der Waals surface area contributed by atoms with Crippen molar-refractivity contribution in [1.29, 1.82) is 0 Å². The van der Waals surface area contributed by atoms with Crippen LogP contribution in [-0.4, -0.2) is 119 Å². The third kappa shape index (κ3) is 5.68. The normalized spacial score (nSPS) is 32.1. The van der Waals surface area contributed by atoms with Crippen molar-refractivity contribution >= 4 is 41.2 Å². The molecular formula is C15H22GaN3O8. The summed E-state index contributed by atoms with van der Waals surface area (Å²) in [6.45, 7) is 3.19. The Morgan fingerprint density at radius 1 is 0.926 bits per heavy atom. The number of carboxylic acid groups (broad SMARTS) is 1. The monoisotopic (exact) mass is 441 g/mol. The number of carbonyl (C=O) groups is 4. The molecule has 0 spiro atoms. The first-order chi connectivity index (χ1) is 12.9. The molecule has 0 aromatic carbocycles. The van der Waals surface area contributed by atoms with Crippen LogP contribution < -0.4 is 0 Å². The van der Waals surface area contributed by atoms with Gasteiger partial charge in [-0.25, -0.2) is 0 Å². The molecule has 0 amide bonds. The molecule has 4 saturated heterocycles. The number of nitrogens with zero attached hydrogens (tertiary/aromatic N) is 3. The summed E-state index contributed by atoms with van der Waals surface area (Å²) in [6, 6.07) is -0.787. The van der Waals surface area contributed by atoms with Gasteiger partial charge in [-0.15, -0.1) is 0 Å². The van der Waals surface area contributed by atoms with Crippen molar-refractivity contribution in [3.8, 4) is 0 Å². The molecule has 4 aliphatic rings. The molecule has 4 aliphatic heterocycles. The molecule has 0 saturated carbocycles. The summed E-state index contributed by atoms with van der Waals surface area (Å²) in [4.78, 5) is 53.8. The van der Waals surface area contributed by atoms with Gasteiger partial charge in [0.25, 0.3) is 0 Å². The standard InChI is InChI=1S/C15H25N3O8.Ga/c19-12(20)2-1-11(15(25)26)18-7-5-16(9-13(21)22)3-4-17(6-8-18)10-14(23)24;/h11H,1-10H2,(H,19,20)(H,21,22)(H,23,24)(H,25,26);/q;+3/p-3/t11-;/m1./s1. The maximum atomic E-state index is 12.7. The summed E-state index contributed by atoms with van der Waals surface area (Å²) in [5.74, 6) is -2.86. The maximum absolute atomic E-state index is 12.7. The van der Waals surface area contributed by atoms with Crippen molar-refractivity contribution in [1.82, 2.24) is 14.7 Å². The molecule has 0 aromatic rings. The van der Waals surface area contributed by atoms with E-state index in [1.54, 1.807) is 0 Å². The molecule has 0 aliphatic carbocycles. The molecule has 12 heteroatoms. The number of hydrogen-bond acceptors (Lipinski definition) is 10. The Morgan fingerprint density at radius 2 is 1.44 bits per heavy atom. The van der Waals surface area contributed by atoms with Gasteiger partial charge in [-0.05, 0) is 0 Å². The number of hydrogen-bond donors (Lipinski definition) is 1. The van der Waals surface area contributed by atoms with Gasteiger partial charge in [-0.1, -0.05) is 0 Å². The zero-order chi connectivity index (χ0) is 19.4. The molecule has 3 atom stereocenters. The predicted octanol–water partition coefficient (Wildman–Crippen LogP) is -2.22. The number of fused-ring (bicyclic) bond motifs is 9. The zero-order valence-corrected chi connectivity index (χ0v) is 17.3. The van der Waals surface area contributed by atoms with E-state index in [4.69, 9.17) is 15.7 Å². The quantitative estimate of drug-likeness (QED) is 0.478. The molecule has 0 radical (unpaired) electrons. The minimum atomic E-state index is -3.92. The fraction of sp³-hybridized carbons (Fsp3) is 0.733. The molecule has 11 nitrogen and oxygen atoms in total. The molecule has 0 aromatic heterocycles. The van der Waals surface area contributed by atoms with E-state index in [1.807, 2.05) is 14.7 Å². The molecule has 1 N–H and O–H groups in total. The van der Waals surface area contributed by atoms with Crippen molar-refractivity contribution in [3.63, 3.8) is 0 Å².